The van der Waals surface area contributed by atoms with E-state index in [1.54, 1.807) is 13.8 Å². The molecule has 4 atom stereocenters. The van der Waals surface area contributed by atoms with Gasteiger partial charge >= 0.3 is 11.9 Å². The average molecular weight is 409 g/mol. The summed E-state index contributed by atoms with van der Waals surface area (Å²) in [7, 11) is 0. The number of esters is 2. The zero-order valence-corrected chi connectivity index (χ0v) is 18.3. The van der Waals surface area contributed by atoms with E-state index in [0.29, 0.717) is 36.9 Å². The third-order valence-corrected chi connectivity index (χ3v) is 6.49. The summed E-state index contributed by atoms with van der Waals surface area (Å²) >= 11 is 0. The van der Waals surface area contributed by atoms with Crippen molar-refractivity contribution < 1.29 is 28.5 Å². The van der Waals surface area contributed by atoms with E-state index in [-0.39, 0.29) is 11.9 Å². The van der Waals surface area contributed by atoms with Crippen molar-refractivity contribution in [1.82, 2.24) is 0 Å². The fourth-order valence-electron chi connectivity index (χ4n) is 5.88. The molecule has 4 aliphatic carbocycles. The highest BCUT2D eigenvalue weighted by molar-refractivity contribution is 5.87. The molecule has 0 radical (unpaired) electrons. The summed E-state index contributed by atoms with van der Waals surface area (Å²) in [4.78, 5) is 24.9. The maximum Gasteiger partial charge on any atom is 0.337 e. The molecule has 0 aromatic carbocycles. The number of rotatable bonds is 10. The lowest BCUT2D eigenvalue weighted by Gasteiger charge is -2.61. The summed E-state index contributed by atoms with van der Waals surface area (Å²) in [6, 6.07) is 0. The second-order valence-corrected chi connectivity index (χ2v) is 9.37. The molecule has 4 rings (SSSR count). The molecule has 0 N–H and O–H groups in total. The monoisotopic (exact) mass is 408 g/mol. The normalized spacial score (nSPS) is 34.5. The Balaban J connectivity index is 1.67. The Morgan fingerprint density at radius 2 is 1.72 bits per heavy atom. The Bertz CT molecular complexity index is 621. The Hall–Kier alpha value is -1.40. The van der Waals surface area contributed by atoms with E-state index in [4.69, 9.17) is 18.9 Å². The van der Waals surface area contributed by atoms with E-state index in [0.717, 1.165) is 38.5 Å². The Kier molecular flexibility index (Phi) is 6.74. The molecule has 4 aliphatic rings. The van der Waals surface area contributed by atoms with Gasteiger partial charge in [0.1, 0.15) is 5.60 Å². The van der Waals surface area contributed by atoms with Crippen LogP contribution >= 0.6 is 0 Å². The minimum absolute atomic E-state index is 0.325. The molecule has 0 heterocycles. The third kappa shape index (κ3) is 5.02. The van der Waals surface area contributed by atoms with Crippen LogP contribution in [0.5, 0.6) is 0 Å². The highest BCUT2D eigenvalue weighted by Crippen LogP contribution is 2.60. The van der Waals surface area contributed by atoms with Crippen molar-refractivity contribution in [1.29, 1.82) is 0 Å². The first-order chi connectivity index (χ1) is 13.7. The molecule has 0 spiro atoms. The van der Waals surface area contributed by atoms with E-state index < -0.39 is 23.6 Å². The van der Waals surface area contributed by atoms with Crippen LogP contribution in [0.25, 0.3) is 0 Å². The lowest BCUT2D eigenvalue weighted by atomic mass is 9.52. The van der Waals surface area contributed by atoms with E-state index in [1.807, 2.05) is 13.8 Å². The van der Waals surface area contributed by atoms with Gasteiger partial charge in [-0.05, 0) is 64.7 Å². The molecule has 29 heavy (non-hydrogen) atoms. The van der Waals surface area contributed by atoms with Crippen LogP contribution in [-0.4, -0.2) is 42.1 Å². The van der Waals surface area contributed by atoms with Gasteiger partial charge in [0.15, 0.2) is 6.10 Å². The van der Waals surface area contributed by atoms with Crippen LogP contribution in [0.15, 0.2) is 12.2 Å². The predicted molar refractivity (Wildman–Crippen MR) is 108 cm³/mol. The van der Waals surface area contributed by atoms with Gasteiger partial charge in [-0.3, -0.25) is 0 Å². The molecule has 0 aromatic heterocycles. The van der Waals surface area contributed by atoms with Gasteiger partial charge in [0.25, 0.3) is 0 Å². The molecule has 0 saturated heterocycles. The molecule has 6 nitrogen and oxygen atoms in total. The lowest BCUT2D eigenvalue weighted by Crippen LogP contribution is -2.62. The van der Waals surface area contributed by atoms with Crippen molar-refractivity contribution in [3.63, 3.8) is 0 Å². The van der Waals surface area contributed by atoms with Gasteiger partial charge in [0.05, 0.1) is 5.60 Å². The van der Waals surface area contributed by atoms with Gasteiger partial charge in [0.2, 0.25) is 6.29 Å². The minimum atomic E-state index is -0.681. The first kappa shape index (κ1) is 22.3. The number of hydrogen-bond acceptors (Lipinski definition) is 6. The predicted octanol–water partition coefficient (Wildman–Crippen LogP) is 4.31. The van der Waals surface area contributed by atoms with Gasteiger partial charge < -0.3 is 18.9 Å². The fraction of sp³-hybridized carbons (Fsp3) is 0.826. The summed E-state index contributed by atoms with van der Waals surface area (Å²) in [6.07, 6.45) is 5.73. The van der Waals surface area contributed by atoms with Crippen LogP contribution in [0, 0.1) is 11.8 Å². The molecule has 0 aliphatic heterocycles. The van der Waals surface area contributed by atoms with E-state index in [2.05, 4.69) is 6.58 Å². The Labute approximate surface area is 174 Å². The summed E-state index contributed by atoms with van der Waals surface area (Å²) in [5.74, 6) is 0.219. The number of hydrogen-bond donors (Lipinski definition) is 0. The average Bonchev–Trinajstić information content (AvgIpc) is 2.59. The van der Waals surface area contributed by atoms with Crippen LogP contribution in [-0.2, 0) is 28.5 Å². The molecule has 164 valence electrons. The zero-order chi connectivity index (χ0) is 21.2. The topological polar surface area (TPSA) is 71.1 Å². The van der Waals surface area contributed by atoms with E-state index in [9.17, 15) is 9.59 Å². The summed E-state index contributed by atoms with van der Waals surface area (Å²) in [6.45, 7) is 11.6. The molecule has 0 aromatic rings. The Morgan fingerprint density at radius 1 is 1.10 bits per heavy atom. The van der Waals surface area contributed by atoms with Crippen molar-refractivity contribution in [2.75, 3.05) is 6.61 Å². The summed E-state index contributed by atoms with van der Waals surface area (Å²) in [5.41, 5.74) is -0.491. The van der Waals surface area contributed by atoms with E-state index in [1.165, 1.54) is 0 Å². The standard InChI is InChI=1S/C23H36O6/c1-6-8-19(26-7-2)27-21(25)16(5)28-22-10-17-9-18(11-22)13-23(12-17,14-22)29-20(24)15(3)4/h16-19H,3,6-14H2,1-2,4-5H3. The molecular weight excluding hydrogens is 372 g/mol. The second-order valence-electron chi connectivity index (χ2n) is 9.37. The first-order valence-corrected chi connectivity index (χ1v) is 11.1. The molecule has 4 saturated carbocycles. The maximum absolute atomic E-state index is 12.6. The zero-order valence-electron chi connectivity index (χ0n) is 18.3. The molecule has 6 heteroatoms. The van der Waals surface area contributed by atoms with Gasteiger partial charge in [-0.15, -0.1) is 0 Å². The lowest BCUT2D eigenvalue weighted by molar-refractivity contribution is -0.249. The molecular formula is C23H36O6. The second kappa shape index (κ2) is 8.76. The maximum atomic E-state index is 12.6. The molecule has 4 fully saturated rings. The van der Waals surface area contributed by atoms with Gasteiger partial charge in [-0.25, -0.2) is 9.59 Å². The van der Waals surface area contributed by atoms with Crippen molar-refractivity contribution in [2.45, 2.75) is 103 Å². The van der Waals surface area contributed by atoms with Gasteiger partial charge in [-0.1, -0.05) is 19.9 Å². The van der Waals surface area contributed by atoms with Crippen LogP contribution in [0.3, 0.4) is 0 Å². The number of ether oxygens (including phenoxy) is 4. The van der Waals surface area contributed by atoms with Crippen LogP contribution in [0.2, 0.25) is 0 Å². The highest BCUT2D eigenvalue weighted by atomic mass is 16.7. The van der Waals surface area contributed by atoms with Crippen molar-refractivity contribution in [2.24, 2.45) is 11.8 Å². The van der Waals surface area contributed by atoms with Gasteiger partial charge in [-0.2, -0.15) is 0 Å². The molecule has 4 unspecified atom stereocenters. The number of carbonyl (C=O) groups is 2. The smallest absolute Gasteiger partial charge is 0.337 e. The van der Waals surface area contributed by atoms with Crippen LogP contribution in [0.4, 0.5) is 0 Å². The summed E-state index contributed by atoms with van der Waals surface area (Å²) < 4.78 is 23.4. The van der Waals surface area contributed by atoms with Crippen LogP contribution in [0.1, 0.15) is 79.1 Å². The summed E-state index contributed by atoms with van der Waals surface area (Å²) in [5, 5.41) is 0. The fourth-order valence-corrected chi connectivity index (χ4v) is 5.88. The van der Waals surface area contributed by atoms with Gasteiger partial charge in [0, 0.05) is 25.0 Å². The van der Waals surface area contributed by atoms with Crippen molar-refractivity contribution >= 4 is 11.9 Å². The van der Waals surface area contributed by atoms with Crippen LogP contribution < -0.4 is 0 Å². The van der Waals surface area contributed by atoms with E-state index >= 15 is 0 Å². The quantitative estimate of drug-likeness (QED) is 0.305. The SMILES string of the molecule is C=C(C)C(=O)OC12CC3CC(C1)CC(OC(C)C(=O)OC(CCC)OCC)(C3)C2. The minimum Gasteiger partial charge on any atom is -0.456 e. The van der Waals surface area contributed by atoms with Crippen molar-refractivity contribution in [3.8, 4) is 0 Å². The first-order valence-electron chi connectivity index (χ1n) is 11.1. The third-order valence-electron chi connectivity index (χ3n) is 6.49. The van der Waals surface area contributed by atoms with Crippen molar-refractivity contribution in [3.05, 3.63) is 12.2 Å². The molecule has 0 amide bonds. The molecule has 4 bridgehead atoms. The highest BCUT2D eigenvalue weighted by Gasteiger charge is 2.61. The Morgan fingerprint density at radius 3 is 2.28 bits per heavy atom. The largest absolute Gasteiger partial charge is 0.456 e. The number of carbonyl (C=O) groups excluding carboxylic acids is 2.